The van der Waals surface area contributed by atoms with Gasteiger partial charge in [-0.3, -0.25) is 14.4 Å². The number of hydrogen-bond donors (Lipinski definition) is 0. The van der Waals surface area contributed by atoms with Gasteiger partial charge in [0.2, 0.25) is 5.91 Å². The number of esters is 2. The third-order valence-corrected chi connectivity index (χ3v) is 3.26. The zero-order valence-electron chi connectivity index (χ0n) is 12.1. The molecule has 0 saturated carbocycles. The summed E-state index contributed by atoms with van der Waals surface area (Å²) in [5.74, 6) is -0.975. The van der Waals surface area contributed by atoms with E-state index in [4.69, 9.17) is 9.47 Å². The highest BCUT2D eigenvalue weighted by atomic mass is 16.6. The van der Waals surface area contributed by atoms with E-state index in [9.17, 15) is 14.4 Å². The number of amides is 1. The second-order valence-corrected chi connectivity index (χ2v) is 4.86. The van der Waals surface area contributed by atoms with Gasteiger partial charge in [-0.2, -0.15) is 0 Å². The second-order valence-electron chi connectivity index (χ2n) is 4.86. The minimum absolute atomic E-state index is 0.0283. The van der Waals surface area contributed by atoms with E-state index in [0.717, 1.165) is 0 Å². The van der Waals surface area contributed by atoms with E-state index in [0.29, 0.717) is 12.8 Å². The number of rotatable bonds is 5. The molecular weight excluding hydrogens is 262 g/mol. The number of hydrogen-bond acceptors (Lipinski definition) is 5. The van der Waals surface area contributed by atoms with Gasteiger partial charge in [-0.1, -0.05) is 6.08 Å². The van der Waals surface area contributed by atoms with E-state index < -0.39 is 24.1 Å². The number of ether oxygens (including phenoxy) is 2. The molecule has 3 atom stereocenters. The minimum atomic E-state index is -0.458. The van der Waals surface area contributed by atoms with Crippen LogP contribution in [0.3, 0.4) is 0 Å². The molecule has 0 aromatic carbocycles. The Kier molecular flexibility index (Phi) is 5.73. The molecule has 1 aliphatic heterocycles. The Hall–Kier alpha value is -1.85. The predicted molar refractivity (Wildman–Crippen MR) is 71.7 cm³/mol. The first-order valence-corrected chi connectivity index (χ1v) is 6.57. The van der Waals surface area contributed by atoms with E-state index >= 15 is 0 Å². The van der Waals surface area contributed by atoms with Gasteiger partial charge < -0.3 is 14.4 Å². The largest absolute Gasteiger partial charge is 0.464 e. The minimum Gasteiger partial charge on any atom is -0.464 e. The maximum absolute atomic E-state index is 11.8. The van der Waals surface area contributed by atoms with Gasteiger partial charge in [0.1, 0.15) is 18.8 Å². The lowest BCUT2D eigenvalue weighted by Gasteiger charge is -2.29. The van der Waals surface area contributed by atoms with Gasteiger partial charge in [-0.05, 0) is 6.42 Å². The summed E-state index contributed by atoms with van der Waals surface area (Å²) in [6.45, 7) is 7.77. The number of likely N-dealkylation sites (tertiary alicyclic amines) is 1. The van der Waals surface area contributed by atoms with Crippen LogP contribution in [0.1, 0.15) is 33.6 Å². The van der Waals surface area contributed by atoms with Gasteiger partial charge in [0.15, 0.2) is 0 Å². The van der Waals surface area contributed by atoms with Crippen molar-refractivity contribution in [3.63, 3.8) is 0 Å². The van der Waals surface area contributed by atoms with E-state index in [1.54, 1.807) is 11.0 Å². The maximum atomic E-state index is 11.8. The highest BCUT2D eigenvalue weighted by Crippen LogP contribution is 2.30. The molecule has 1 aliphatic rings. The summed E-state index contributed by atoms with van der Waals surface area (Å²) in [6.07, 6.45) is 2.39. The van der Waals surface area contributed by atoms with Gasteiger partial charge in [-0.25, -0.2) is 0 Å². The molecule has 20 heavy (non-hydrogen) atoms. The van der Waals surface area contributed by atoms with Crippen LogP contribution < -0.4 is 0 Å². The lowest BCUT2D eigenvalue weighted by Crippen LogP contribution is -2.45. The molecule has 0 aromatic rings. The molecule has 0 spiro atoms. The van der Waals surface area contributed by atoms with Crippen LogP contribution in [0.25, 0.3) is 0 Å². The van der Waals surface area contributed by atoms with Gasteiger partial charge in [0, 0.05) is 33.2 Å². The van der Waals surface area contributed by atoms with E-state index in [1.807, 2.05) is 0 Å². The molecule has 112 valence electrons. The molecule has 0 N–H and O–H groups in total. The first kappa shape index (κ1) is 16.2. The summed E-state index contributed by atoms with van der Waals surface area (Å²) in [6, 6.07) is -0.528. The average Bonchev–Trinajstić information content (AvgIpc) is 2.63. The highest BCUT2D eigenvalue weighted by molar-refractivity contribution is 5.75. The summed E-state index contributed by atoms with van der Waals surface area (Å²) < 4.78 is 10.2. The Bertz CT molecular complexity index is 406. The van der Waals surface area contributed by atoms with Crippen LogP contribution in [0.5, 0.6) is 0 Å². The van der Waals surface area contributed by atoms with Crippen molar-refractivity contribution in [2.45, 2.75) is 51.8 Å². The van der Waals surface area contributed by atoms with Gasteiger partial charge in [0.05, 0.1) is 0 Å². The molecule has 1 saturated heterocycles. The standard InChI is InChI=1S/C14H21NO5/c1-5-6-12-7-14(20-11(4)18)13(8-19-10(3)17)15(12)9(2)16/h5,12-14H,1,6-8H2,2-4H3. The molecule has 3 unspecified atom stereocenters. The number of carbonyl (C=O) groups excluding carboxylic acids is 3. The van der Waals surface area contributed by atoms with Crippen molar-refractivity contribution < 1.29 is 23.9 Å². The molecule has 0 bridgehead atoms. The quantitative estimate of drug-likeness (QED) is 0.557. The Morgan fingerprint density at radius 1 is 1.25 bits per heavy atom. The summed E-state index contributed by atoms with van der Waals surface area (Å²) in [4.78, 5) is 35.6. The van der Waals surface area contributed by atoms with Crippen LogP contribution in [0.2, 0.25) is 0 Å². The summed E-state index contributed by atoms with van der Waals surface area (Å²) >= 11 is 0. The Morgan fingerprint density at radius 2 is 1.90 bits per heavy atom. The fourth-order valence-electron chi connectivity index (χ4n) is 2.61. The molecule has 6 nitrogen and oxygen atoms in total. The van der Waals surface area contributed by atoms with Crippen LogP contribution >= 0.6 is 0 Å². The normalized spacial score (nSPS) is 25.1. The van der Waals surface area contributed by atoms with E-state index in [2.05, 4.69) is 6.58 Å². The predicted octanol–water partition coefficient (Wildman–Crippen LogP) is 1.05. The lowest BCUT2D eigenvalue weighted by atomic mass is 10.1. The SMILES string of the molecule is C=CCC1CC(OC(C)=O)C(COC(C)=O)N1C(C)=O. The highest BCUT2D eigenvalue weighted by Gasteiger charge is 2.44. The monoisotopic (exact) mass is 283 g/mol. The summed E-state index contributed by atoms with van der Waals surface area (Å²) in [7, 11) is 0. The Labute approximate surface area is 118 Å². The zero-order chi connectivity index (χ0) is 15.3. The van der Waals surface area contributed by atoms with Gasteiger partial charge >= 0.3 is 11.9 Å². The van der Waals surface area contributed by atoms with E-state index in [-0.39, 0.29) is 18.6 Å². The van der Waals surface area contributed by atoms with Crippen molar-refractivity contribution in [3.05, 3.63) is 12.7 Å². The van der Waals surface area contributed by atoms with Crippen molar-refractivity contribution in [2.75, 3.05) is 6.61 Å². The second kappa shape index (κ2) is 7.07. The zero-order valence-corrected chi connectivity index (χ0v) is 12.1. The first-order valence-electron chi connectivity index (χ1n) is 6.57. The van der Waals surface area contributed by atoms with Crippen molar-refractivity contribution in [2.24, 2.45) is 0 Å². The van der Waals surface area contributed by atoms with Crippen LogP contribution in [-0.4, -0.2) is 47.5 Å². The van der Waals surface area contributed by atoms with Crippen molar-refractivity contribution in [3.8, 4) is 0 Å². The molecule has 6 heteroatoms. The van der Waals surface area contributed by atoms with Crippen LogP contribution in [0, 0.1) is 0 Å². The number of nitrogens with zero attached hydrogens (tertiary/aromatic N) is 1. The third-order valence-electron chi connectivity index (χ3n) is 3.26. The van der Waals surface area contributed by atoms with Crippen LogP contribution in [0.4, 0.5) is 0 Å². The molecule has 1 fully saturated rings. The third kappa shape index (κ3) is 4.08. The summed E-state index contributed by atoms with van der Waals surface area (Å²) in [5, 5.41) is 0. The van der Waals surface area contributed by atoms with Gasteiger partial charge in [-0.15, -0.1) is 6.58 Å². The first-order chi connectivity index (χ1) is 9.36. The Morgan fingerprint density at radius 3 is 2.35 bits per heavy atom. The van der Waals surface area contributed by atoms with Crippen LogP contribution in [0.15, 0.2) is 12.7 Å². The van der Waals surface area contributed by atoms with Crippen molar-refractivity contribution in [1.29, 1.82) is 0 Å². The Balaban J connectivity index is 2.91. The topological polar surface area (TPSA) is 72.9 Å². The number of carbonyl (C=O) groups is 3. The molecule has 1 rings (SSSR count). The van der Waals surface area contributed by atoms with Crippen molar-refractivity contribution in [1.82, 2.24) is 4.90 Å². The average molecular weight is 283 g/mol. The van der Waals surface area contributed by atoms with Crippen LogP contribution in [-0.2, 0) is 23.9 Å². The fourth-order valence-corrected chi connectivity index (χ4v) is 2.61. The molecule has 1 amide bonds. The maximum Gasteiger partial charge on any atom is 0.302 e. The molecule has 1 heterocycles. The lowest BCUT2D eigenvalue weighted by molar-refractivity contribution is -0.153. The molecule has 0 aliphatic carbocycles. The molecular formula is C14H21NO5. The van der Waals surface area contributed by atoms with Crippen molar-refractivity contribution >= 4 is 17.8 Å². The molecule has 0 aromatic heterocycles. The van der Waals surface area contributed by atoms with Gasteiger partial charge in [0.25, 0.3) is 0 Å². The fraction of sp³-hybridized carbons (Fsp3) is 0.643. The smallest absolute Gasteiger partial charge is 0.302 e. The molecule has 0 radical (unpaired) electrons. The summed E-state index contributed by atoms with van der Waals surface area (Å²) in [5.41, 5.74) is 0. The van der Waals surface area contributed by atoms with E-state index in [1.165, 1.54) is 20.8 Å².